The van der Waals surface area contributed by atoms with Crippen LogP contribution in [0.5, 0.6) is 0 Å². The third-order valence-corrected chi connectivity index (χ3v) is 3.97. The molecular weight excluding hydrogens is 224 g/mol. The molecule has 0 aliphatic carbocycles. The molecule has 0 aromatic carbocycles. The number of allylic oxidation sites excluding steroid dienone is 2. The van der Waals surface area contributed by atoms with Crippen LogP contribution in [0.3, 0.4) is 0 Å². The molecule has 0 aromatic heterocycles. The summed E-state index contributed by atoms with van der Waals surface area (Å²) in [5.74, 6) is 0. The van der Waals surface area contributed by atoms with Gasteiger partial charge in [0, 0.05) is 13.3 Å². The number of hydrogen-bond donors (Lipinski definition) is 2. The molecule has 0 spiro atoms. The van der Waals surface area contributed by atoms with Gasteiger partial charge in [0.1, 0.15) is 6.20 Å². The Morgan fingerprint density at radius 3 is 2.72 bits per heavy atom. The van der Waals surface area contributed by atoms with Crippen LogP contribution in [0.2, 0.25) is 0 Å². The Balaban J connectivity index is 2.35. The Bertz CT molecular complexity index is 286. The summed E-state index contributed by atoms with van der Waals surface area (Å²) in [6.07, 6.45) is 14.5. The fourth-order valence-corrected chi connectivity index (χ4v) is 2.72. The van der Waals surface area contributed by atoms with E-state index in [2.05, 4.69) is 37.5 Å². The summed E-state index contributed by atoms with van der Waals surface area (Å²) in [4.78, 5) is 0. The summed E-state index contributed by atoms with van der Waals surface area (Å²) in [5, 5.41) is 13.4. The highest BCUT2D eigenvalue weighted by atomic mass is 16.3. The van der Waals surface area contributed by atoms with Gasteiger partial charge in [0.15, 0.2) is 12.4 Å². The molecule has 1 heterocycles. The summed E-state index contributed by atoms with van der Waals surface area (Å²) in [6.45, 7) is 7.13. The summed E-state index contributed by atoms with van der Waals surface area (Å²) in [5.41, 5.74) is 0. The molecule has 1 rings (SSSR count). The maximum atomic E-state index is 10.0. The van der Waals surface area contributed by atoms with E-state index in [0.29, 0.717) is 10.6 Å². The van der Waals surface area contributed by atoms with Crippen molar-refractivity contribution in [2.75, 3.05) is 6.54 Å². The number of unbranched alkanes of at least 4 members (excludes halogenated alkanes) is 2. The Morgan fingerprint density at radius 1 is 1.33 bits per heavy atom. The van der Waals surface area contributed by atoms with Gasteiger partial charge in [-0.15, -0.1) is 0 Å². The second-order valence-corrected chi connectivity index (χ2v) is 5.11. The van der Waals surface area contributed by atoms with Gasteiger partial charge in [0.25, 0.3) is 0 Å². The van der Waals surface area contributed by atoms with Crippen LogP contribution in [-0.2, 0) is 0 Å². The van der Waals surface area contributed by atoms with Crippen LogP contribution in [0.25, 0.3) is 0 Å². The maximum absolute atomic E-state index is 10.0. The molecule has 0 amide bonds. The fraction of sp³-hybridized carbons (Fsp3) is 0.733. The Morgan fingerprint density at radius 2 is 2.11 bits per heavy atom. The van der Waals surface area contributed by atoms with E-state index in [1.165, 1.54) is 19.3 Å². The zero-order valence-corrected chi connectivity index (χ0v) is 12.1. The second kappa shape index (κ2) is 7.59. The molecule has 0 saturated carbocycles. The van der Waals surface area contributed by atoms with Crippen LogP contribution in [0.1, 0.15) is 52.9 Å². The van der Waals surface area contributed by atoms with Crippen molar-refractivity contribution in [1.29, 1.82) is 0 Å². The number of nitrogens with one attached hydrogen (secondary N) is 1. The summed E-state index contributed by atoms with van der Waals surface area (Å²) < 4.78 is 0.658. The first-order valence-electron chi connectivity index (χ1n) is 7.31. The predicted octanol–water partition coefficient (Wildman–Crippen LogP) is 3.09. The first kappa shape index (κ1) is 15.3. The van der Waals surface area contributed by atoms with E-state index in [0.717, 1.165) is 19.4 Å². The number of quaternary nitrogens is 1. The second-order valence-electron chi connectivity index (χ2n) is 5.11. The molecule has 18 heavy (non-hydrogen) atoms. The summed E-state index contributed by atoms with van der Waals surface area (Å²) >= 11 is 0. The zero-order valence-electron chi connectivity index (χ0n) is 12.1. The zero-order chi connectivity index (χ0) is 13.4. The molecular formula is C15H29N2O+. The van der Waals surface area contributed by atoms with Crippen LogP contribution in [0, 0.1) is 0 Å². The molecule has 0 radical (unpaired) electrons. The largest absolute Gasteiger partial charge is 0.345 e. The Labute approximate surface area is 112 Å². The van der Waals surface area contributed by atoms with Gasteiger partial charge >= 0.3 is 0 Å². The normalized spacial score (nSPS) is 28.8. The Kier molecular flexibility index (Phi) is 6.44. The minimum atomic E-state index is -0.341. The van der Waals surface area contributed by atoms with Gasteiger partial charge in [-0.05, 0) is 32.6 Å². The SMILES string of the molecule is CC/C=C/CCCCC1NC=C[N+]1(CC)C(C)O. The lowest BCUT2D eigenvalue weighted by molar-refractivity contribution is -0.942. The van der Waals surface area contributed by atoms with E-state index in [1.807, 2.05) is 13.1 Å². The molecule has 1 aliphatic heterocycles. The van der Waals surface area contributed by atoms with Crippen LogP contribution in [0.15, 0.2) is 24.6 Å². The highest BCUT2D eigenvalue weighted by Crippen LogP contribution is 2.25. The molecule has 0 bridgehead atoms. The molecule has 3 atom stereocenters. The van der Waals surface area contributed by atoms with Crippen LogP contribution >= 0.6 is 0 Å². The minimum absolute atomic E-state index is 0.338. The smallest absolute Gasteiger partial charge is 0.193 e. The van der Waals surface area contributed by atoms with Gasteiger partial charge < -0.3 is 10.4 Å². The van der Waals surface area contributed by atoms with Crippen molar-refractivity contribution in [2.45, 2.75) is 65.3 Å². The third-order valence-electron chi connectivity index (χ3n) is 3.97. The molecule has 3 heteroatoms. The highest BCUT2D eigenvalue weighted by Gasteiger charge is 2.40. The standard InChI is InChI=1S/C15H29N2O/c1-4-6-7-8-9-10-11-15-16-12-13-17(15,5-2)14(3)18/h6-7,12-16,18H,4-5,8-11H2,1-3H3/q+1/b7-6+. The van der Waals surface area contributed by atoms with E-state index >= 15 is 0 Å². The minimum Gasteiger partial charge on any atom is -0.345 e. The van der Waals surface area contributed by atoms with E-state index in [1.54, 1.807) is 0 Å². The van der Waals surface area contributed by atoms with Gasteiger partial charge in [-0.2, -0.15) is 0 Å². The number of hydrogen-bond acceptors (Lipinski definition) is 2. The molecule has 0 saturated heterocycles. The molecule has 3 nitrogen and oxygen atoms in total. The molecule has 2 N–H and O–H groups in total. The topological polar surface area (TPSA) is 32.3 Å². The van der Waals surface area contributed by atoms with Crippen molar-refractivity contribution < 1.29 is 9.59 Å². The molecule has 1 aliphatic rings. The lowest BCUT2D eigenvalue weighted by Crippen LogP contribution is -2.57. The quantitative estimate of drug-likeness (QED) is 0.396. The average Bonchev–Trinajstić information content (AvgIpc) is 2.77. The van der Waals surface area contributed by atoms with Crippen molar-refractivity contribution in [2.24, 2.45) is 0 Å². The average molecular weight is 253 g/mol. The number of nitrogens with zero attached hydrogens (tertiary/aromatic N) is 1. The van der Waals surface area contributed by atoms with Gasteiger partial charge in [-0.25, -0.2) is 0 Å². The van der Waals surface area contributed by atoms with Crippen LogP contribution in [-0.4, -0.2) is 28.5 Å². The van der Waals surface area contributed by atoms with E-state index in [4.69, 9.17) is 0 Å². The monoisotopic (exact) mass is 253 g/mol. The molecule has 0 fully saturated rings. The van der Waals surface area contributed by atoms with Gasteiger partial charge in [-0.3, -0.25) is 4.48 Å². The highest BCUT2D eigenvalue weighted by molar-refractivity contribution is 4.85. The van der Waals surface area contributed by atoms with E-state index in [9.17, 15) is 5.11 Å². The molecule has 104 valence electrons. The number of aliphatic hydroxyl groups excluding tert-OH is 1. The van der Waals surface area contributed by atoms with E-state index < -0.39 is 0 Å². The van der Waals surface area contributed by atoms with E-state index in [-0.39, 0.29) is 6.23 Å². The number of aliphatic hydroxyl groups is 1. The fourth-order valence-electron chi connectivity index (χ4n) is 2.72. The predicted molar refractivity (Wildman–Crippen MR) is 76.4 cm³/mol. The summed E-state index contributed by atoms with van der Waals surface area (Å²) in [7, 11) is 0. The first-order chi connectivity index (χ1) is 8.67. The van der Waals surface area contributed by atoms with Crippen molar-refractivity contribution >= 4 is 0 Å². The van der Waals surface area contributed by atoms with Crippen LogP contribution < -0.4 is 5.32 Å². The van der Waals surface area contributed by atoms with Gasteiger partial charge in [0.2, 0.25) is 0 Å². The van der Waals surface area contributed by atoms with Crippen molar-refractivity contribution in [3.05, 3.63) is 24.6 Å². The Hall–Kier alpha value is -0.800. The van der Waals surface area contributed by atoms with Crippen LogP contribution in [0.4, 0.5) is 0 Å². The maximum Gasteiger partial charge on any atom is 0.193 e. The third kappa shape index (κ3) is 3.59. The first-order valence-corrected chi connectivity index (χ1v) is 7.31. The van der Waals surface area contributed by atoms with Gasteiger partial charge in [-0.1, -0.05) is 19.1 Å². The molecule has 0 aromatic rings. The van der Waals surface area contributed by atoms with Crippen molar-refractivity contribution in [3.63, 3.8) is 0 Å². The molecule has 3 unspecified atom stereocenters. The van der Waals surface area contributed by atoms with Crippen molar-refractivity contribution in [3.8, 4) is 0 Å². The summed E-state index contributed by atoms with van der Waals surface area (Å²) in [6, 6.07) is 0. The van der Waals surface area contributed by atoms with Gasteiger partial charge in [0.05, 0.1) is 12.7 Å². The van der Waals surface area contributed by atoms with Crippen molar-refractivity contribution in [1.82, 2.24) is 5.32 Å². The lowest BCUT2D eigenvalue weighted by atomic mass is 10.1. The lowest BCUT2D eigenvalue weighted by Gasteiger charge is -2.39. The number of rotatable bonds is 8.